The molecular weight excluding hydrogens is 312 g/mol. The first-order valence-corrected chi connectivity index (χ1v) is 8.84. The lowest BCUT2D eigenvalue weighted by atomic mass is 9.84. The molecule has 0 aromatic carbocycles. The molecule has 6 nitrogen and oxygen atoms in total. The van der Waals surface area contributed by atoms with Crippen LogP contribution >= 0.6 is 11.3 Å². The molecular formula is C16H22N4O2S. The third kappa shape index (κ3) is 3.45. The van der Waals surface area contributed by atoms with Gasteiger partial charge in [-0.05, 0) is 32.9 Å². The van der Waals surface area contributed by atoms with Crippen LogP contribution in [0.1, 0.15) is 36.0 Å². The molecule has 2 unspecified atom stereocenters. The van der Waals surface area contributed by atoms with Crippen molar-refractivity contribution in [2.75, 3.05) is 20.6 Å². The average molecular weight is 334 g/mol. The van der Waals surface area contributed by atoms with E-state index < -0.39 is 0 Å². The van der Waals surface area contributed by atoms with Crippen LogP contribution in [0.3, 0.4) is 0 Å². The van der Waals surface area contributed by atoms with Crippen LogP contribution in [0.4, 0.5) is 0 Å². The molecule has 0 saturated heterocycles. The quantitative estimate of drug-likeness (QED) is 0.922. The monoisotopic (exact) mass is 334 g/mol. The highest BCUT2D eigenvalue weighted by Crippen LogP contribution is 2.25. The Balaban J connectivity index is 1.79. The van der Waals surface area contributed by atoms with E-state index in [1.165, 1.54) is 28.4 Å². The van der Waals surface area contributed by atoms with Gasteiger partial charge in [-0.25, -0.2) is 4.98 Å². The topological polar surface area (TPSA) is 66.7 Å². The zero-order valence-corrected chi connectivity index (χ0v) is 14.3. The van der Waals surface area contributed by atoms with E-state index in [2.05, 4.69) is 15.2 Å². The highest BCUT2D eigenvalue weighted by molar-refractivity contribution is 7.15. The third-order valence-corrected chi connectivity index (χ3v) is 5.18. The number of carbonyl (C=O) groups is 1. The zero-order chi connectivity index (χ0) is 16.4. The molecule has 23 heavy (non-hydrogen) atoms. The maximum absolute atomic E-state index is 12.6. The average Bonchev–Trinajstić information content (AvgIpc) is 2.98. The van der Waals surface area contributed by atoms with Crippen molar-refractivity contribution in [3.05, 3.63) is 33.7 Å². The van der Waals surface area contributed by atoms with Gasteiger partial charge in [-0.3, -0.25) is 14.0 Å². The second-order valence-electron chi connectivity index (χ2n) is 6.42. The fourth-order valence-corrected chi connectivity index (χ4v) is 3.99. The predicted octanol–water partition coefficient (Wildman–Crippen LogP) is 1.61. The molecule has 0 radical (unpaired) electrons. The number of amides is 1. The maximum Gasteiger partial charge on any atom is 0.271 e. The number of rotatable bonds is 4. The number of carbonyl (C=O) groups excluding carboxylic acids is 1. The van der Waals surface area contributed by atoms with Gasteiger partial charge in [0, 0.05) is 30.4 Å². The van der Waals surface area contributed by atoms with Crippen LogP contribution in [0.25, 0.3) is 4.96 Å². The molecule has 0 bridgehead atoms. The summed E-state index contributed by atoms with van der Waals surface area (Å²) in [5.41, 5.74) is -0.177. The zero-order valence-electron chi connectivity index (χ0n) is 13.5. The summed E-state index contributed by atoms with van der Waals surface area (Å²) in [5.74, 6) is 0.127. The van der Waals surface area contributed by atoms with Crippen LogP contribution in [0.5, 0.6) is 0 Å². The van der Waals surface area contributed by atoms with E-state index in [9.17, 15) is 9.59 Å². The highest BCUT2D eigenvalue weighted by Gasteiger charge is 2.28. The van der Waals surface area contributed by atoms with E-state index in [0.29, 0.717) is 10.9 Å². The first kappa shape index (κ1) is 16.1. The van der Waals surface area contributed by atoms with E-state index >= 15 is 0 Å². The first-order valence-electron chi connectivity index (χ1n) is 7.96. The molecule has 3 rings (SSSR count). The van der Waals surface area contributed by atoms with Crippen molar-refractivity contribution in [2.24, 2.45) is 5.92 Å². The third-order valence-electron chi connectivity index (χ3n) is 4.41. The summed E-state index contributed by atoms with van der Waals surface area (Å²) in [4.78, 5) is 31.9. The van der Waals surface area contributed by atoms with Gasteiger partial charge in [-0.15, -0.1) is 11.3 Å². The molecule has 0 aliphatic heterocycles. The van der Waals surface area contributed by atoms with Crippen LogP contribution in [-0.4, -0.2) is 46.9 Å². The van der Waals surface area contributed by atoms with Crippen molar-refractivity contribution in [3.63, 3.8) is 0 Å². The van der Waals surface area contributed by atoms with Gasteiger partial charge in [-0.2, -0.15) is 0 Å². The molecule has 2 aromatic heterocycles. The molecule has 2 aromatic rings. The Morgan fingerprint density at radius 3 is 3.00 bits per heavy atom. The van der Waals surface area contributed by atoms with Gasteiger partial charge in [0.05, 0.1) is 0 Å². The van der Waals surface area contributed by atoms with Crippen LogP contribution < -0.4 is 10.9 Å². The van der Waals surface area contributed by atoms with E-state index in [1.54, 1.807) is 11.6 Å². The Kier molecular flexibility index (Phi) is 4.77. The number of nitrogens with zero attached hydrogens (tertiary/aromatic N) is 3. The Labute approximate surface area is 139 Å². The lowest BCUT2D eigenvalue weighted by Crippen LogP contribution is -2.46. The van der Waals surface area contributed by atoms with E-state index in [4.69, 9.17) is 0 Å². The summed E-state index contributed by atoms with van der Waals surface area (Å²) >= 11 is 1.38. The van der Waals surface area contributed by atoms with Crippen molar-refractivity contribution >= 4 is 22.2 Å². The molecule has 1 N–H and O–H groups in total. The molecule has 2 atom stereocenters. The number of fused-ring (bicyclic) bond motifs is 1. The van der Waals surface area contributed by atoms with Gasteiger partial charge in [0.1, 0.15) is 5.56 Å². The lowest BCUT2D eigenvalue weighted by molar-refractivity contribution is 0.0893. The number of hydrogen-bond acceptors (Lipinski definition) is 5. The summed E-state index contributed by atoms with van der Waals surface area (Å²) in [6.45, 7) is 0.950. The summed E-state index contributed by atoms with van der Waals surface area (Å²) in [7, 11) is 4.10. The summed E-state index contributed by atoms with van der Waals surface area (Å²) in [5, 5.41) is 4.86. The molecule has 1 aliphatic carbocycles. The number of nitrogens with one attached hydrogen (secondary N) is 1. The van der Waals surface area contributed by atoms with Crippen molar-refractivity contribution in [3.8, 4) is 0 Å². The van der Waals surface area contributed by atoms with Crippen molar-refractivity contribution in [1.82, 2.24) is 19.6 Å². The molecule has 1 aliphatic rings. The second kappa shape index (κ2) is 6.80. The first-order chi connectivity index (χ1) is 11.1. The largest absolute Gasteiger partial charge is 0.349 e. The number of thiazole rings is 1. The number of aromatic nitrogens is 2. The van der Waals surface area contributed by atoms with Crippen molar-refractivity contribution in [1.29, 1.82) is 0 Å². The summed E-state index contributed by atoms with van der Waals surface area (Å²) in [6.07, 6.45) is 7.46. The second-order valence-corrected chi connectivity index (χ2v) is 7.29. The van der Waals surface area contributed by atoms with E-state index in [1.807, 2.05) is 14.1 Å². The molecule has 0 spiro atoms. The Morgan fingerprint density at radius 2 is 2.22 bits per heavy atom. The predicted molar refractivity (Wildman–Crippen MR) is 91.1 cm³/mol. The minimum absolute atomic E-state index is 0.120. The van der Waals surface area contributed by atoms with Gasteiger partial charge >= 0.3 is 0 Å². The fourth-order valence-electron chi connectivity index (χ4n) is 3.31. The SMILES string of the molecule is CN(C)CC1CCCCC1NC(=O)c1cnc2sccn2c1=O. The molecule has 124 valence electrons. The van der Waals surface area contributed by atoms with Crippen molar-refractivity contribution < 1.29 is 4.79 Å². The minimum Gasteiger partial charge on any atom is -0.349 e. The van der Waals surface area contributed by atoms with Gasteiger partial charge in [-0.1, -0.05) is 12.8 Å². The Hall–Kier alpha value is -1.73. The van der Waals surface area contributed by atoms with Crippen LogP contribution in [0.15, 0.2) is 22.6 Å². The molecule has 1 saturated carbocycles. The normalized spacial score (nSPS) is 21.7. The standard InChI is InChI=1S/C16H22N4O2S/c1-19(2)10-11-5-3-4-6-13(11)18-14(21)12-9-17-16-20(15(12)22)7-8-23-16/h7-9,11,13H,3-6,10H2,1-2H3,(H,18,21). The molecule has 1 fully saturated rings. The van der Waals surface area contributed by atoms with Crippen LogP contribution in [0.2, 0.25) is 0 Å². The van der Waals surface area contributed by atoms with Crippen LogP contribution in [-0.2, 0) is 0 Å². The Bertz CT molecular complexity index is 752. The minimum atomic E-state index is -0.307. The Morgan fingerprint density at radius 1 is 1.43 bits per heavy atom. The highest BCUT2D eigenvalue weighted by atomic mass is 32.1. The smallest absolute Gasteiger partial charge is 0.271 e. The van der Waals surface area contributed by atoms with Crippen molar-refractivity contribution in [2.45, 2.75) is 31.7 Å². The lowest BCUT2D eigenvalue weighted by Gasteiger charge is -2.33. The van der Waals surface area contributed by atoms with E-state index in [-0.39, 0.29) is 23.1 Å². The van der Waals surface area contributed by atoms with E-state index in [0.717, 1.165) is 25.8 Å². The fraction of sp³-hybridized carbons (Fsp3) is 0.562. The number of hydrogen-bond donors (Lipinski definition) is 1. The van der Waals surface area contributed by atoms with Gasteiger partial charge in [0.15, 0.2) is 4.96 Å². The van der Waals surface area contributed by atoms with Gasteiger partial charge < -0.3 is 10.2 Å². The molecule has 1 amide bonds. The van der Waals surface area contributed by atoms with Crippen LogP contribution in [0, 0.1) is 5.92 Å². The van der Waals surface area contributed by atoms with Gasteiger partial charge in [0.25, 0.3) is 11.5 Å². The summed E-state index contributed by atoms with van der Waals surface area (Å²) < 4.78 is 1.43. The molecule has 2 heterocycles. The molecule has 7 heteroatoms. The van der Waals surface area contributed by atoms with Gasteiger partial charge in [0.2, 0.25) is 0 Å². The maximum atomic E-state index is 12.6. The summed E-state index contributed by atoms with van der Waals surface area (Å²) in [6, 6.07) is 0.126.